The highest BCUT2D eigenvalue weighted by molar-refractivity contribution is 7.89. The highest BCUT2D eigenvalue weighted by atomic mass is 35.5. The van der Waals surface area contributed by atoms with Crippen LogP contribution in [0.1, 0.15) is 39.5 Å². The summed E-state index contributed by atoms with van der Waals surface area (Å²) in [5.41, 5.74) is 12.3. The molecule has 17 heteroatoms. The molecule has 0 fully saturated rings. The number of carboxylic acids is 1. The highest BCUT2D eigenvalue weighted by Crippen LogP contribution is 2.42. The second kappa shape index (κ2) is 18.1. The fraction of sp³-hybridized carbons (Fsp3) is 0.167. The Bertz CT molecular complexity index is 3120. The van der Waals surface area contributed by atoms with Crippen molar-refractivity contribution in [1.82, 2.24) is 14.6 Å². The SMILES string of the molecule is N#Cc1ccc(-c2ccc(CC(NC(=O)[C@@H]3Cc4cc5c(cc4CN3S(=O)(=O)c3ccc4nc(N)sc4c3)O[C@@H](c3ccc(OCc4ccc(Cl)c(Cl)c4)cc3)CO5)C(=O)O)cc2)cc1. The van der Waals surface area contributed by atoms with Crippen LogP contribution in [0.5, 0.6) is 17.2 Å². The number of carbonyl (C=O) groups excluding carboxylic acids is 1. The molecule has 7 aromatic rings. The normalized spacial score (nSPS) is 16.3. The molecule has 0 aliphatic carbocycles. The number of ether oxygens (including phenoxy) is 3. The van der Waals surface area contributed by atoms with Gasteiger partial charge in [-0.2, -0.15) is 9.57 Å². The molecule has 3 atom stereocenters. The van der Waals surface area contributed by atoms with E-state index in [1.165, 1.54) is 12.1 Å². The van der Waals surface area contributed by atoms with Crippen LogP contribution in [0.4, 0.5) is 5.13 Å². The van der Waals surface area contributed by atoms with E-state index in [0.29, 0.717) is 66.4 Å². The van der Waals surface area contributed by atoms with Crippen LogP contribution in [0, 0.1) is 11.3 Å². The summed E-state index contributed by atoms with van der Waals surface area (Å²) in [6.45, 7) is 0.247. The maximum Gasteiger partial charge on any atom is 0.326 e. The summed E-state index contributed by atoms with van der Waals surface area (Å²) >= 11 is 13.3. The average molecular weight is 947 g/mol. The number of thiazole rings is 1. The predicted molar refractivity (Wildman–Crippen MR) is 247 cm³/mol. The molecule has 0 bridgehead atoms. The van der Waals surface area contributed by atoms with E-state index in [4.69, 9.17) is 48.4 Å². The number of nitriles is 1. The van der Waals surface area contributed by atoms with Gasteiger partial charge in [-0.25, -0.2) is 18.2 Å². The Morgan fingerprint density at radius 3 is 2.32 bits per heavy atom. The number of benzene rings is 6. The lowest BCUT2D eigenvalue weighted by molar-refractivity contribution is -0.142. The van der Waals surface area contributed by atoms with Gasteiger partial charge in [-0.05, 0) is 112 Å². The lowest BCUT2D eigenvalue weighted by atomic mass is 9.93. The Balaban J connectivity index is 0.954. The van der Waals surface area contributed by atoms with Gasteiger partial charge in [0.1, 0.15) is 31.0 Å². The monoisotopic (exact) mass is 945 g/mol. The number of rotatable bonds is 12. The predicted octanol–water partition coefficient (Wildman–Crippen LogP) is 8.74. The van der Waals surface area contributed by atoms with Gasteiger partial charge in [-0.15, -0.1) is 0 Å². The van der Waals surface area contributed by atoms with Gasteiger partial charge >= 0.3 is 5.97 Å². The molecule has 0 spiro atoms. The molecule has 13 nitrogen and oxygen atoms in total. The van der Waals surface area contributed by atoms with E-state index < -0.39 is 40.1 Å². The largest absolute Gasteiger partial charge is 0.489 e. The van der Waals surface area contributed by atoms with Crippen LogP contribution >= 0.6 is 34.5 Å². The molecule has 6 aromatic carbocycles. The first-order chi connectivity index (χ1) is 31.3. The Morgan fingerprint density at radius 2 is 1.62 bits per heavy atom. The van der Waals surface area contributed by atoms with Crippen molar-refractivity contribution in [3.8, 4) is 34.4 Å². The molecule has 2 aliphatic heterocycles. The van der Waals surface area contributed by atoms with E-state index in [2.05, 4.69) is 16.4 Å². The fourth-order valence-corrected chi connectivity index (χ4v) is 10.6. The lowest BCUT2D eigenvalue weighted by Gasteiger charge is -2.36. The van der Waals surface area contributed by atoms with Crippen molar-refractivity contribution in [2.75, 3.05) is 12.3 Å². The smallest absolute Gasteiger partial charge is 0.326 e. The summed E-state index contributed by atoms with van der Waals surface area (Å²) < 4.78 is 49.6. The third-order valence-electron chi connectivity index (χ3n) is 11.3. The van der Waals surface area contributed by atoms with Crippen LogP contribution in [0.15, 0.2) is 126 Å². The van der Waals surface area contributed by atoms with E-state index in [-0.39, 0.29) is 36.0 Å². The Morgan fingerprint density at radius 1 is 0.908 bits per heavy atom. The third kappa shape index (κ3) is 9.31. The Hall–Kier alpha value is -6.67. The van der Waals surface area contributed by atoms with E-state index in [1.807, 2.05) is 54.6 Å². The number of nitrogens with zero attached hydrogens (tertiary/aromatic N) is 3. The number of nitrogens with two attached hydrogens (primary N) is 1. The van der Waals surface area contributed by atoms with Gasteiger partial charge in [0, 0.05) is 13.0 Å². The van der Waals surface area contributed by atoms with Gasteiger partial charge < -0.3 is 30.4 Å². The molecule has 0 radical (unpaired) electrons. The zero-order valence-electron chi connectivity index (χ0n) is 34.1. The van der Waals surface area contributed by atoms with Crippen LogP contribution in [-0.4, -0.2) is 53.4 Å². The number of hydrogen-bond donors (Lipinski definition) is 3. The second-order valence-corrected chi connectivity index (χ2v) is 19.3. The van der Waals surface area contributed by atoms with Crippen molar-refractivity contribution in [3.05, 3.63) is 165 Å². The Kier molecular flexibility index (Phi) is 12.1. The van der Waals surface area contributed by atoms with Crippen molar-refractivity contribution in [1.29, 1.82) is 5.26 Å². The molecule has 9 rings (SSSR count). The van der Waals surface area contributed by atoms with E-state index in [1.54, 1.807) is 54.6 Å². The Labute approximate surface area is 387 Å². The first-order valence-corrected chi connectivity index (χ1v) is 23.2. The molecule has 65 heavy (non-hydrogen) atoms. The molecular formula is C48H37Cl2N5O8S2. The van der Waals surface area contributed by atoms with Crippen LogP contribution in [0.2, 0.25) is 10.0 Å². The van der Waals surface area contributed by atoms with Crippen LogP contribution in [-0.2, 0) is 45.6 Å². The number of carboxylic acid groups (broad SMARTS) is 1. The molecular weight excluding hydrogens is 910 g/mol. The number of nitrogens with one attached hydrogen (secondary N) is 1. The van der Waals surface area contributed by atoms with Gasteiger partial charge in [-0.3, -0.25) is 4.79 Å². The van der Waals surface area contributed by atoms with Crippen molar-refractivity contribution in [2.45, 2.75) is 49.1 Å². The van der Waals surface area contributed by atoms with Crippen LogP contribution in [0.25, 0.3) is 21.3 Å². The zero-order chi connectivity index (χ0) is 45.4. The van der Waals surface area contributed by atoms with Gasteiger partial charge in [0.15, 0.2) is 22.7 Å². The summed E-state index contributed by atoms with van der Waals surface area (Å²) in [7, 11) is -4.39. The van der Waals surface area contributed by atoms with Crippen molar-refractivity contribution in [3.63, 3.8) is 0 Å². The minimum Gasteiger partial charge on any atom is -0.489 e. The van der Waals surface area contributed by atoms with Gasteiger partial charge in [-0.1, -0.05) is 89.1 Å². The maximum absolute atomic E-state index is 14.7. The van der Waals surface area contributed by atoms with Crippen molar-refractivity contribution in [2.24, 2.45) is 0 Å². The van der Waals surface area contributed by atoms with Gasteiger partial charge in [0.2, 0.25) is 15.9 Å². The maximum atomic E-state index is 14.7. The number of nitrogen functional groups attached to an aromatic ring is 1. The molecule has 0 saturated carbocycles. The minimum atomic E-state index is -4.39. The number of hydrogen-bond acceptors (Lipinski definition) is 11. The fourth-order valence-electron chi connectivity index (χ4n) is 7.84. The third-order valence-corrected chi connectivity index (χ3v) is 14.7. The number of aromatic nitrogens is 1. The molecule has 1 aromatic heterocycles. The van der Waals surface area contributed by atoms with E-state index in [9.17, 15) is 23.1 Å². The summed E-state index contributed by atoms with van der Waals surface area (Å²) in [6, 6.07) is 34.3. The molecule has 2 aliphatic rings. The van der Waals surface area contributed by atoms with E-state index in [0.717, 1.165) is 37.9 Å². The summed E-state index contributed by atoms with van der Waals surface area (Å²) in [5.74, 6) is -0.597. The number of halogens is 2. The summed E-state index contributed by atoms with van der Waals surface area (Å²) in [4.78, 5) is 31.2. The topological polar surface area (TPSA) is 194 Å². The number of fused-ring (bicyclic) bond motifs is 3. The lowest BCUT2D eigenvalue weighted by Crippen LogP contribution is -2.55. The van der Waals surface area contributed by atoms with Crippen molar-refractivity contribution >= 4 is 71.8 Å². The molecule has 4 N–H and O–H groups in total. The number of anilines is 1. The standard InChI is InChI=1S/C48H37Cl2N5O8S2/c49-37-15-5-29(17-38(37)50)25-61-35-12-10-32(11-13-35)44-26-62-42-20-33-19-41(46(56)53-40(47(57)58)18-27-1-6-30(7-2-27)31-8-3-28(23-51)4-9-31)55(24-34(33)21-43(42)63-44)65(59,60)36-14-16-39-45(22-36)64-48(52)54-39/h1-17,20-22,40-41,44H,18-19,24-26H2,(H2,52,54)(H,53,56)(H,57,58)/t40?,41-,44+/m0/s1. The molecule has 1 unspecified atom stereocenters. The van der Waals surface area contributed by atoms with Crippen molar-refractivity contribution < 1.29 is 37.3 Å². The average Bonchev–Trinajstić information content (AvgIpc) is 3.70. The first kappa shape index (κ1) is 43.6. The highest BCUT2D eigenvalue weighted by Gasteiger charge is 2.42. The molecule has 3 heterocycles. The molecule has 328 valence electrons. The van der Waals surface area contributed by atoms with Crippen LogP contribution < -0.4 is 25.3 Å². The summed E-state index contributed by atoms with van der Waals surface area (Å²) in [6.07, 6.45) is -0.640. The van der Waals surface area contributed by atoms with Gasteiger partial charge in [0.25, 0.3) is 0 Å². The number of aliphatic carboxylic acids is 1. The number of carbonyl (C=O) groups is 2. The van der Waals surface area contributed by atoms with Gasteiger partial charge in [0.05, 0.1) is 36.8 Å². The number of sulfonamides is 1. The van der Waals surface area contributed by atoms with Crippen LogP contribution in [0.3, 0.4) is 0 Å². The molecule has 1 amide bonds. The first-order valence-electron chi connectivity index (χ1n) is 20.2. The number of amides is 1. The quantitative estimate of drug-likeness (QED) is 0.106. The zero-order valence-corrected chi connectivity index (χ0v) is 37.3. The molecule has 0 saturated heterocycles. The second-order valence-electron chi connectivity index (χ2n) is 15.5. The van der Waals surface area contributed by atoms with E-state index >= 15 is 0 Å². The minimum absolute atomic E-state index is 0.0669. The summed E-state index contributed by atoms with van der Waals surface area (Å²) in [5, 5.41) is 23.3.